The van der Waals surface area contributed by atoms with Crippen molar-refractivity contribution in [3.63, 3.8) is 0 Å². The Balaban J connectivity index is 2.36. The minimum absolute atomic E-state index is 0.143. The van der Waals surface area contributed by atoms with E-state index in [1.807, 2.05) is 24.3 Å². The first-order chi connectivity index (χ1) is 9.67. The van der Waals surface area contributed by atoms with Crippen molar-refractivity contribution in [2.45, 2.75) is 31.8 Å². The Hall–Kier alpha value is -2.04. The molecule has 104 valence electrons. The molecule has 0 N–H and O–H groups in total. The third-order valence-electron chi connectivity index (χ3n) is 4.14. The summed E-state index contributed by atoms with van der Waals surface area (Å²) in [6, 6.07) is 12.9. The molecule has 20 heavy (non-hydrogen) atoms. The van der Waals surface area contributed by atoms with Crippen molar-refractivity contribution in [1.29, 1.82) is 10.5 Å². The van der Waals surface area contributed by atoms with E-state index in [0.29, 0.717) is 18.0 Å². The highest BCUT2D eigenvalue weighted by molar-refractivity contribution is 5.60. The second-order valence-electron chi connectivity index (χ2n) is 5.42. The molecular weight excluding hydrogens is 248 g/mol. The summed E-state index contributed by atoms with van der Waals surface area (Å²) < 4.78 is 0. The summed E-state index contributed by atoms with van der Waals surface area (Å²) >= 11 is 0. The van der Waals surface area contributed by atoms with Crippen LogP contribution in [0.5, 0.6) is 0 Å². The van der Waals surface area contributed by atoms with E-state index in [4.69, 9.17) is 5.26 Å². The van der Waals surface area contributed by atoms with Crippen molar-refractivity contribution in [3.05, 3.63) is 29.8 Å². The van der Waals surface area contributed by atoms with Gasteiger partial charge in [0.15, 0.2) is 0 Å². The van der Waals surface area contributed by atoms with Crippen molar-refractivity contribution in [2.24, 2.45) is 0 Å². The minimum atomic E-state index is 0.143. The van der Waals surface area contributed by atoms with E-state index in [0.717, 1.165) is 25.2 Å². The number of hydrogen-bond donors (Lipinski definition) is 0. The fourth-order valence-corrected chi connectivity index (χ4v) is 2.76. The molecule has 1 heterocycles. The second-order valence-corrected chi connectivity index (χ2v) is 5.42. The topological polar surface area (TPSA) is 54.1 Å². The van der Waals surface area contributed by atoms with Gasteiger partial charge in [0.2, 0.25) is 0 Å². The van der Waals surface area contributed by atoms with E-state index in [-0.39, 0.29) is 6.04 Å². The van der Waals surface area contributed by atoms with Gasteiger partial charge >= 0.3 is 0 Å². The van der Waals surface area contributed by atoms with Crippen molar-refractivity contribution < 1.29 is 0 Å². The van der Waals surface area contributed by atoms with Gasteiger partial charge < -0.3 is 9.80 Å². The lowest BCUT2D eigenvalue weighted by molar-refractivity contribution is 0.255. The number of likely N-dealkylation sites (N-methyl/N-ethyl adjacent to an activating group) is 1. The van der Waals surface area contributed by atoms with E-state index in [1.54, 1.807) is 0 Å². The van der Waals surface area contributed by atoms with Crippen LogP contribution in [0.1, 0.15) is 25.3 Å². The molecule has 4 nitrogen and oxygen atoms in total. The van der Waals surface area contributed by atoms with Crippen LogP contribution in [0.4, 0.5) is 5.69 Å². The number of benzene rings is 1. The van der Waals surface area contributed by atoms with Crippen molar-refractivity contribution >= 4 is 5.69 Å². The molecule has 0 aromatic heterocycles. The van der Waals surface area contributed by atoms with Crippen molar-refractivity contribution in [3.8, 4) is 12.1 Å². The Morgan fingerprint density at radius 2 is 2.05 bits per heavy atom. The summed E-state index contributed by atoms with van der Waals surface area (Å²) in [5.74, 6) is 0. The van der Waals surface area contributed by atoms with E-state index in [1.165, 1.54) is 0 Å². The molecule has 4 heteroatoms. The summed E-state index contributed by atoms with van der Waals surface area (Å²) in [6.07, 6.45) is 1.52. The molecule has 0 aliphatic carbocycles. The average Bonchev–Trinajstić information content (AvgIpc) is 2.60. The molecule has 1 aliphatic heterocycles. The van der Waals surface area contributed by atoms with Gasteiger partial charge in [0.25, 0.3) is 0 Å². The van der Waals surface area contributed by atoms with Crippen LogP contribution in [0.2, 0.25) is 0 Å². The molecule has 1 fully saturated rings. The molecule has 2 rings (SSSR count). The molecule has 0 amide bonds. The van der Waals surface area contributed by atoms with Gasteiger partial charge in [-0.2, -0.15) is 10.5 Å². The van der Waals surface area contributed by atoms with E-state index < -0.39 is 0 Å². The van der Waals surface area contributed by atoms with Crippen LogP contribution < -0.4 is 4.90 Å². The lowest BCUT2D eigenvalue weighted by Crippen LogP contribution is -2.41. The highest BCUT2D eigenvalue weighted by atomic mass is 15.2. The molecule has 1 aromatic carbocycles. The number of hydrogen-bond acceptors (Lipinski definition) is 4. The first-order valence-corrected chi connectivity index (χ1v) is 7.00. The maximum atomic E-state index is 9.29. The molecule has 0 saturated carbocycles. The summed E-state index contributed by atoms with van der Waals surface area (Å²) in [7, 11) is 2.11. The Morgan fingerprint density at radius 3 is 2.75 bits per heavy atom. The Morgan fingerprint density at radius 1 is 1.30 bits per heavy atom. The molecule has 1 aromatic rings. The van der Waals surface area contributed by atoms with Crippen LogP contribution in [0, 0.1) is 22.7 Å². The molecule has 2 atom stereocenters. The highest BCUT2D eigenvalue weighted by Crippen LogP contribution is 2.26. The lowest BCUT2D eigenvalue weighted by atomic mass is 10.1. The molecule has 1 aliphatic rings. The maximum absolute atomic E-state index is 9.29. The summed E-state index contributed by atoms with van der Waals surface area (Å²) in [5, 5.41) is 18.4. The van der Waals surface area contributed by atoms with Crippen LogP contribution in [-0.2, 0) is 0 Å². The van der Waals surface area contributed by atoms with Crippen LogP contribution in [0.15, 0.2) is 24.3 Å². The van der Waals surface area contributed by atoms with Gasteiger partial charge in [-0.05, 0) is 32.5 Å². The molecule has 0 bridgehead atoms. The van der Waals surface area contributed by atoms with Gasteiger partial charge in [-0.25, -0.2) is 0 Å². The number of rotatable bonds is 2. The summed E-state index contributed by atoms with van der Waals surface area (Å²) in [5.41, 5.74) is 1.64. The van der Waals surface area contributed by atoms with Gasteiger partial charge in [-0.15, -0.1) is 0 Å². The first-order valence-electron chi connectivity index (χ1n) is 7.00. The van der Waals surface area contributed by atoms with E-state index in [9.17, 15) is 5.26 Å². The fraction of sp³-hybridized carbons (Fsp3) is 0.500. The van der Waals surface area contributed by atoms with Crippen molar-refractivity contribution in [2.75, 3.05) is 25.0 Å². The Bertz CT molecular complexity index is 540. The second kappa shape index (κ2) is 6.41. The summed E-state index contributed by atoms with van der Waals surface area (Å²) in [4.78, 5) is 4.54. The number of anilines is 1. The van der Waals surface area contributed by atoms with Gasteiger partial charge in [-0.3, -0.25) is 0 Å². The number of nitriles is 2. The molecule has 1 saturated heterocycles. The van der Waals surface area contributed by atoms with Gasteiger partial charge in [-0.1, -0.05) is 12.1 Å². The standard InChI is InChI=1S/C16H20N4/c1-13-8-10-20(15(7-9-17)12-19(13)2)16-6-4-3-5-14(16)11-18/h3-6,13,15H,7-8,10,12H2,1-2H3. The normalized spacial score (nSPS) is 23.7. The van der Waals surface area contributed by atoms with Crippen LogP contribution in [0.3, 0.4) is 0 Å². The van der Waals surface area contributed by atoms with Crippen LogP contribution in [-0.4, -0.2) is 37.1 Å². The third-order valence-corrected chi connectivity index (χ3v) is 4.14. The molecule has 0 radical (unpaired) electrons. The number of nitrogens with zero attached hydrogens (tertiary/aromatic N) is 4. The van der Waals surface area contributed by atoms with E-state index in [2.05, 4.69) is 35.9 Å². The fourth-order valence-electron chi connectivity index (χ4n) is 2.76. The zero-order valence-corrected chi connectivity index (χ0v) is 12.1. The monoisotopic (exact) mass is 268 g/mol. The zero-order valence-electron chi connectivity index (χ0n) is 12.1. The molecular formula is C16H20N4. The SMILES string of the molecule is CC1CCN(c2ccccc2C#N)C(CC#N)CN1C. The Labute approximate surface area is 120 Å². The highest BCUT2D eigenvalue weighted by Gasteiger charge is 2.27. The summed E-state index contributed by atoms with van der Waals surface area (Å²) in [6.45, 7) is 3.95. The lowest BCUT2D eigenvalue weighted by Gasteiger charge is -2.32. The maximum Gasteiger partial charge on any atom is 0.101 e. The van der Waals surface area contributed by atoms with Crippen LogP contribution >= 0.6 is 0 Å². The first kappa shape index (κ1) is 14.4. The predicted molar refractivity (Wildman–Crippen MR) is 79.2 cm³/mol. The third kappa shape index (κ3) is 2.92. The smallest absolute Gasteiger partial charge is 0.101 e. The minimum Gasteiger partial charge on any atom is -0.365 e. The molecule has 0 spiro atoms. The zero-order chi connectivity index (χ0) is 14.5. The van der Waals surface area contributed by atoms with Crippen LogP contribution in [0.25, 0.3) is 0 Å². The van der Waals surface area contributed by atoms with Gasteiger partial charge in [0, 0.05) is 19.1 Å². The van der Waals surface area contributed by atoms with Gasteiger partial charge in [0.05, 0.1) is 29.8 Å². The quantitative estimate of drug-likeness (QED) is 0.826. The number of para-hydroxylation sites is 1. The van der Waals surface area contributed by atoms with Gasteiger partial charge in [0.1, 0.15) is 6.07 Å². The van der Waals surface area contributed by atoms with E-state index >= 15 is 0 Å². The Kier molecular flexibility index (Phi) is 4.61. The van der Waals surface area contributed by atoms with Crippen molar-refractivity contribution in [1.82, 2.24) is 4.90 Å². The predicted octanol–water partition coefficient (Wildman–Crippen LogP) is 2.37. The molecule has 2 unspecified atom stereocenters. The average molecular weight is 268 g/mol. The largest absolute Gasteiger partial charge is 0.365 e.